The Morgan fingerprint density at radius 1 is 1.53 bits per heavy atom. The van der Waals surface area contributed by atoms with Gasteiger partial charge in [0.1, 0.15) is 5.56 Å². The molecule has 0 saturated heterocycles. The predicted molar refractivity (Wildman–Crippen MR) is 68.5 cm³/mol. The summed E-state index contributed by atoms with van der Waals surface area (Å²) in [4.78, 5) is 17.1. The van der Waals surface area contributed by atoms with Crippen LogP contribution in [0.1, 0.15) is 37.6 Å². The third kappa shape index (κ3) is 3.44. The number of pyridine rings is 1. The van der Waals surface area contributed by atoms with E-state index in [2.05, 4.69) is 23.7 Å². The van der Waals surface area contributed by atoms with Gasteiger partial charge in [0.25, 0.3) is 0 Å². The van der Waals surface area contributed by atoms with Crippen LogP contribution in [0.25, 0.3) is 0 Å². The van der Waals surface area contributed by atoms with E-state index in [0.717, 1.165) is 25.2 Å². The molecule has 0 saturated carbocycles. The second-order valence-corrected chi connectivity index (χ2v) is 4.25. The predicted octanol–water partition coefficient (Wildman–Crippen LogP) is 2.65. The first-order chi connectivity index (χ1) is 8.10. The van der Waals surface area contributed by atoms with Crippen LogP contribution in [0.15, 0.2) is 18.5 Å². The first-order valence-corrected chi connectivity index (χ1v) is 6.02. The Hall–Kier alpha value is -1.58. The lowest BCUT2D eigenvalue weighted by molar-refractivity contribution is 0.0697. The van der Waals surface area contributed by atoms with Crippen LogP contribution < -0.4 is 4.90 Å². The van der Waals surface area contributed by atoms with Crippen LogP contribution >= 0.6 is 0 Å². The highest BCUT2D eigenvalue weighted by Crippen LogP contribution is 2.20. The number of rotatable bonds is 6. The minimum absolute atomic E-state index is 0.276. The largest absolute Gasteiger partial charge is 0.478 e. The lowest BCUT2D eigenvalue weighted by Gasteiger charge is -2.27. The van der Waals surface area contributed by atoms with Crippen LogP contribution in [0, 0.1) is 5.92 Å². The number of hydrogen-bond acceptors (Lipinski definition) is 3. The van der Waals surface area contributed by atoms with Crippen LogP contribution in [0.3, 0.4) is 0 Å². The van der Waals surface area contributed by atoms with Crippen molar-refractivity contribution in [1.29, 1.82) is 0 Å². The molecule has 0 radical (unpaired) electrons. The lowest BCUT2D eigenvalue weighted by Crippen LogP contribution is -2.29. The molecule has 0 aromatic carbocycles. The second kappa shape index (κ2) is 6.23. The zero-order valence-electron chi connectivity index (χ0n) is 10.7. The third-order valence-corrected chi connectivity index (χ3v) is 2.98. The molecule has 0 aliphatic heterocycles. The highest BCUT2D eigenvalue weighted by Gasteiger charge is 2.16. The fourth-order valence-corrected chi connectivity index (χ4v) is 1.73. The topological polar surface area (TPSA) is 53.4 Å². The zero-order valence-corrected chi connectivity index (χ0v) is 10.7. The molecule has 0 fully saturated rings. The number of nitrogens with zero attached hydrogens (tertiary/aromatic N) is 2. The molecule has 1 unspecified atom stereocenters. The molecule has 1 heterocycles. The summed E-state index contributed by atoms with van der Waals surface area (Å²) >= 11 is 0. The molecule has 1 aromatic heterocycles. The minimum atomic E-state index is -0.921. The first kappa shape index (κ1) is 13.5. The van der Waals surface area contributed by atoms with Crippen molar-refractivity contribution in [3.8, 4) is 0 Å². The van der Waals surface area contributed by atoms with Gasteiger partial charge in [-0.25, -0.2) is 4.79 Å². The van der Waals surface area contributed by atoms with Gasteiger partial charge in [0.05, 0.1) is 5.69 Å². The second-order valence-electron chi connectivity index (χ2n) is 4.25. The van der Waals surface area contributed by atoms with Gasteiger partial charge in [-0.2, -0.15) is 0 Å². The van der Waals surface area contributed by atoms with E-state index in [9.17, 15) is 4.79 Å². The first-order valence-electron chi connectivity index (χ1n) is 6.02. The van der Waals surface area contributed by atoms with E-state index in [1.807, 2.05) is 6.92 Å². The van der Waals surface area contributed by atoms with Crippen molar-refractivity contribution in [3.63, 3.8) is 0 Å². The maximum atomic E-state index is 11.1. The Balaban J connectivity index is 2.99. The van der Waals surface area contributed by atoms with Crippen LogP contribution in [-0.2, 0) is 0 Å². The molecule has 1 atom stereocenters. The van der Waals surface area contributed by atoms with E-state index in [0.29, 0.717) is 5.92 Å². The molecule has 1 aromatic rings. The van der Waals surface area contributed by atoms with E-state index in [1.165, 1.54) is 6.20 Å². The monoisotopic (exact) mass is 236 g/mol. The van der Waals surface area contributed by atoms with Crippen molar-refractivity contribution in [2.75, 3.05) is 18.0 Å². The van der Waals surface area contributed by atoms with Crippen molar-refractivity contribution in [2.24, 2.45) is 5.92 Å². The molecule has 4 heteroatoms. The average molecular weight is 236 g/mol. The van der Waals surface area contributed by atoms with Gasteiger partial charge in [-0.3, -0.25) is 4.98 Å². The van der Waals surface area contributed by atoms with E-state index < -0.39 is 5.97 Å². The maximum Gasteiger partial charge on any atom is 0.339 e. The lowest BCUT2D eigenvalue weighted by atomic mass is 10.1. The number of carbonyl (C=O) groups is 1. The third-order valence-electron chi connectivity index (χ3n) is 2.98. The van der Waals surface area contributed by atoms with Gasteiger partial charge in [0.2, 0.25) is 0 Å². The number of hydrogen-bond donors (Lipinski definition) is 1. The van der Waals surface area contributed by atoms with Gasteiger partial charge >= 0.3 is 5.97 Å². The maximum absolute atomic E-state index is 11.1. The van der Waals surface area contributed by atoms with Crippen LogP contribution in [-0.4, -0.2) is 29.1 Å². The van der Waals surface area contributed by atoms with Crippen molar-refractivity contribution in [3.05, 3.63) is 24.0 Å². The fourth-order valence-electron chi connectivity index (χ4n) is 1.73. The van der Waals surface area contributed by atoms with Gasteiger partial charge in [-0.1, -0.05) is 20.3 Å². The Labute approximate surface area is 102 Å². The summed E-state index contributed by atoms with van der Waals surface area (Å²) in [6, 6.07) is 1.77. The molecule has 1 N–H and O–H groups in total. The molecular weight excluding hydrogens is 216 g/mol. The van der Waals surface area contributed by atoms with Crippen LogP contribution in [0.5, 0.6) is 0 Å². The molecule has 94 valence electrons. The molecule has 0 amide bonds. The van der Waals surface area contributed by atoms with Crippen molar-refractivity contribution in [1.82, 2.24) is 4.98 Å². The summed E-state index contributed by atoms with van der Waals surface area (Å²) in [5.74, 6) is -0.375. The molecule has 4 nitrogen and oxygen atoms in total. The molecule has 0 bridgehead atoms. The van der Waals surface area contributed by atoms with Gasteiger partial charge in [-0.05, 0) is 18.9 Å². The molecular formula is C13H20N2O2. The van der Waals surface area contributed by atoms with E-state index in [1.54, 1.807) is 12.3 Å². The van der Waals surface area contributed by atoms with Crippen LogP contribution in [0.4, 0.5) is 5.69 Å². The molecule has 1 rings (SSSR count). The normalized spacial score (nSPS) is 12.2. The number of carboxylic acids is 1. The SMILES string of the molecule is CCC(C)CN(CC)c1ccncc1C(=O)O. The van der Waals surface area contributed by atoms with E-state index in [-0.39, 0.29) is 5.56 Å². The summed E-state index contributed by atoms with van der Waals surface area (Å²) in [5, 5.41) is 9.13. The van der Waals surface area contributed by atoms with Gasteiger partial charge < -0.3 is 10.0 Å². The van der Waals surface area contributed by atoms with Crippen molar-refractivity contribution < 1.29 is 9.90 Å². The van der Waals surface area contributed by atoms with Gasteiger partial charge in [-0.15, -0.1) is 0 Å². The standard InChI is InChI=1S/C13H20N2O2/c1-4-10(3)9-15(5-2)12-6-7-14-8-11(12)13(16)17/h6-8,10H,4-5,9H2,1-3H3,(H,16,17). The highest BCUT2D eigenvalue weighted by molar-refractivity contribution is 5.94. The van der Waals surface area contributed by atoms with Gasteiger partial charge in [0.15, 0.2) is 0 Å². The number of anilines is 1. The van der Waals surface area contributed by atoms with Crippen molar-refractivity contribution in [2.45, 2.75) is 27.2 Å². The van der Waals surface area contributed by atoms with E-state index in [4.69, 9.17) is 5.11 Å². The minimum Gasteiger partial charge on any atom is -0.478 e. The Bertz CT molecular complexity index is 379. The quantitative estimate of drug-likeness (QED) is 0.825. The summed E-state index contributed by atoms with van der Waals surface area (Å²) in [5.41, 5.74) is 1.04. The Morgan fingerprint density at radius 2 is 2.24 bits per heavy atom. The fraction of sp³-hybridized carbons (Fsp3) is 0.538. The summed E-state index contributed by atoms with van der Waals surface area (Å²) in [6.45, 7) is 8.02. The Kier molecular flexibility index (Phi) is 4.94. The Morgan fingerprint density at radius 3 is 2.76 bits per heavy atom. The zero-order chi connectivity index (χ0) is 12.8. The number of aromatic nitrogens is 1. The average Bonchev–Trinajstić information content (AvgIpc) is 2.35. The number of carboxylic acid groups (broad SMARTS) is 1. The molecule has 0 spiro atoms. The van der Waals surface area contributed by atoms with Crippen molar-refractivity contribution >= 4 is 11.7 Å². The van der Waals surface area contributed by atoms with E-state index >= 15 is 0 Å². The smallest absolute Gasteiger partial charge is 0.339 e. The summed E-state index contributed by atoms with van der Waals surface area (Å²) in [7, 11) is 0. The molecule has 0 aliphatic carbocycles. The summed E-state index contributed by atoms with van der Waals surface area (Å²) < 4.78 is 0. The number of aromatic carboxylic acids is 1. The highest BCUT2D eigenvalue weighted by atomic mass is 16.4. The molecule has 0 aliphatic rings. The van der Waals surface area contributed by atoms with Gasteiger partial charge in [0, 0.05) is 25.5 Å². The summed E-state index contributed by atoms with van der Waals surface area (Å²) in [6.07, 6.45) is 4.14. The van der Waals surface area contributed by atoms with Crippen LogP contribution in [0.2, 0.25) is 0 Å². The molecule has 17 heavy (non-hydrogen) atoms.